The molecule has 1 heterocycles. The molecule has 5 nitrogen and oxygen atoms in total. The fraction of sp³-hybridized carbons (Fsp3) is 0.200. The number of Topliss-reactive ketones (excluding diaryl/α,β-unsaturated/α-hetero) is 2. The number of ether oxygens (including phenoxy) is 1. The topological polar surface area (TPSA) is 73.3 Å². The second kappa shape index (κ2) is 7.13. The van der Waals surface area contributed by atoms with Crippen molar-refractivity contribution in [1.29, 1.82) is 0 Å². The first-order chi connectivity index (χ1) is 9.41. The number of fused-ring (bicyclic) bond motifs is 1. The van der Waals surface area contributed by atoms with Crippen molar-refractivity contribution in [3.05, 3.63) is 36.5 Å². The second-order valence-electron chi connectivity index (χ2n) is 4.04. The Kier molecular flexibility index (Phi) is 5.53. The maximum absolute atomic E-state index is 10.8. The van der Waals surface area contributed by atoms with E-state index in [-0.39, 0.29) is 17.5 Å². The van der Waals surface area contributed by atoms with E-state index < -0.39 is 0 Å². The van der Waals surface area contributed by atoms with Crippen LogP contribution in [0.3, 0.4) is 0 Å². The van der Waals surface area contributed by atoms with Crippen LogP contribution < -0.4 is 4.74 Å². The number of benzene rings is 1. The first kappa shape index (κ1) is 15.5. The third-order valence-corrected chi connectivity index (χ3v) is 2.35. The van der Waals surface area contributed by atoms with E-state index in [0.717, 1.165) is 5.39 Å². The Morgan fingerprint density at radius 1 is 0.950 bits per heavy atom. The molecule has 0 amide bonds. The molecule has 0 aliphatic heterocycles. The van der Waals surface area contributed by atoms with Crippen molar-refractivity contribution in [2.45, 2.75) is 20.8 Å². The van der Waals surface area contributed by atoms with Crippen LogP contribution in [0.5, 0.6) is 5.75 Å². The Balaban J connectivity index is 0.000000286. The number of nitrogens with zero attached hydrogens (tertiary/aromatic N) is 1. The summed E-state index contributed by atoms with van der Waals surface area (Å²) in [7, 11) is 0. The lowest BCUT2D eigenvalue weighted by molar-refractivity contribution is -0.134. The molecule has 1 aromatic carbocycles. The van der Waals surface area contributed by atoms with Crippen molar-refractivity contribution in [3.63, 3.8) is 0 Å². The Bertz CT molecular complexity index is 632. The van der Waals surface area contributed by atoms with Gasteiger partial charge in [-0.1, -0.05) is 18.2 Å². The number of para-hydroxylation sites is 1. The lowest BCUT2D eigenvalue weighted by atomic mass is 10.2. The summed E-state index contributed by atoms with van der Waals surface area (Å²) in [5.41, 5.74) is 0.713. The zero-order valence-electron chi connectivity index (χ0n) is 11.5. The minimum absolute atomic E-state index is 0.330. The average molecular weight is 273 g/mol. The molecule has 0 saturated carbocycles. The molecule has 1 aromatic heterocycles. The number of rotatable bonds is 2. The highest BCUT2D eigenvalue weighted by atomic mass is 16.5. The van der Waals surface area contributed by atoms with E-state index in [0.29, 0.717) is 11.3 Å². The van der Waals surface area contributed by atoms with Gasteiger partial charge >= 0.3 is 5.97 Å². The van der Waals surface area contributed by atoms with Gasteiger partial charge in [0.05, 0.1) is 0 Å². The molecule has 0 spiro atoms. The van der Waals surface area contributed by atoms with E-state index in [1.807, 2.05) is 24.3 Å². The molecular formula is C15H15NO4. The molecule has 0 radical (unpaired) electrons. The summed E-state index contributed by atoms with van der Waals surface area (Å²) in [5, 5.41) is 0.964. The Hall–Kier alpha value is -2.56. The van der Waals surface area contributed by atoms with Crippen LogP contribution in [0, 0.1) is 0 Å². The van der Waals surface area contributed by atoms with Gasteiger partial charge in [-0.05, 0) is 12.1 Å². The van der Waals surface area contributed by atoms with E-state index in [9.17, 15) is 14.4 Å². The SMILES string of the molecule is CC(=O)C(C)=O.CC(=O)Oc1cccc2cccnc12. The largest absolute Gasteiger partial charge is 0.424 e. The van der Waals surface area contributed by atoms with Gasteiger partial charge < -0.3 is 4.74 Å². The van der Waals surface area contributed by atoms with Crippen molar-refractivity contribution < 1.29 is 19.1 Å². The van der Waals surface area contributed by atoms with Crippen molar-refractivity contribution in [1.82, 2.24) is 4.98 Å². The molecule has 2 aromatic rings. The van der Waals surface area contributed by atoms with Gasteiger partial charge in [-0.2, -0.15) is 0 Å². The fourth-order valence-corrected chi connectivity index (χ4v) is 1.31. The Morgan fingerprint density at radius 3 is 2.10 bits per heavy atom. The molecule has 0 fully saturated rings. The number of carbonyl (C=O) groups is 3. The number of aromatic nitrogens is 1. The molecule has 0 unspecified atom stereocenters. The number of hydrogen-bond acceptors (Lipinski definition) is 5. The number of carbonyl (C=O) groups excluding carboxylic acids is 3. The minimum Gasteiger partial charge on any atom is -0.424 e. The van der Waals surface area contributed by atoms with Gasteiger partial charge in [0.15, 0.2) is 17.3 Å². The number of ketones is 2. The summed E-state index contributed by atoms with van der Waals surface area (Å²) >= 11 is 0. The molecule has 0 aliphatic rings. The van der Waals surface area contributed by atoms with Gasteiger partial charge in [-0.3, -0.25) is 19.4 Å². The fourth-order valence-electron chi connectivity index (χ4n) is 1.31. The van der Waals surface area contributed by atoms with Gasteiger partial charge in [0.2, 0.25) is 0 Å². The summed E-state index contributed by atoms with van der Waals surface area (Å²) in [5.74, 6) is -0.580. The van der Waals surface area contributed by atoms with E-state index in [4.69, 9.17) is 4.74 Å². The van der Waals surface area contributed by atoms with Crippen LogP contribution >= 0.6 is 0 Å². The van der Waals surface area contributed by atoms with E-state index in [1.54, 1.807) is 12.3 Å². The highest BCUT2D eigenvalue weighted by Crippen LogP contribution is 2.22. The molecule has 0 bridgehead atoms. The minimum atomic E-state index is -0.380. The van der Waals surface area contributed by atoms with Crippen molar-refractivity contribution in [3.8, 4) is 5.75 Å². The van der Waals surface area contributed by atoms with Crippen molar-refractivity contribution in [2.24, 2.45) is 0 Å². The Labute approximate surface area is 116 Å². The maximum Gasteiger partial charge on any atom is 0.308 e. The monoisotopic (exact) mass is 273 g/mol. The summed E-state index contributed by atoms with van der Waals surface area (Å²) in [6, 6.07) is 9.27. The van der Waals surface area contributed by atoms with Crippen LogP contribution in [0.15, 0.2) is 36.5 Å². The predicted molar refractivity (Wildman–Crippen MR) is 74.4 cm³/mol. The van der Waals surface area contributed by atoms with Crippen molar-refractivity contribution in [2.75, 3.05) is 0 Å². The quantitative estimate of drug-likeness (QED) is 0.477. The predicted octanol–water partition coefficient (Wildman–Crippen LogP) is 2.32. The van der Waals surface area contributed by atoms with Crippen molar-refractivity contribution >= 4 is 28.4 Å². The third-order valence-electron chi connectivity index (χ3n) is 2.35. The summed E-state index contributed by atoms with van der Waals surface area (Å²) in [6.07, 6.45) is 1.68. The molecule has 0 atom stereocenters. The van der Waals surface area contributed by atoms with Crippen LogP contribution in [0.4, 0.5) is 0 Å². The Morgan fingerprint density at radius 2 is 1.55 bits per heavy atom. The van der Waals surface area contributed by atoms with Crippen LogP contribution in [0.1, 0.15) is 20.8 Å². The molecule has 5 heteroatoms. The van der Waals surface area contributed by atoms with Gasteiger partial charge in [-0.25, -0.2) is 0 Å². The van der Waals surface area contributed by atoms with Crippen LogP contribution in [0.2, 0.25) is 0 Å². The average Bonchev–Trinajstić information content (AvgIpc) is 2.39. The highest BCUT2D eigenvalue weighted by Gasteiger charge is 2.03. The molecular weight excluding hydrogens is 258 g/mol. The highest BCUT2D eigenvalue weighted by molar-refractivity contribution is 6.35. The number of esters is 1. The van der Waals surface area contributed by atoms with E-state index in [2.05, 4.69) is 4.98 Å². The lowest BCUT2D eigenvalue weighted by Gasteiger charge is -2.03. The first-order valence-electron chi connectivity index (χ1n) is 5.95. The standard InChI is InChI=1S/C11H9NO2.C4H6O2/c1-8(13)14-10-6-2-4-9-5-3-7-12-11(9)10;1-3(5)4(2)6/h2-7H,1H3;1-2H3. The van der Waals surface area contributed by atoms with Gasteiger partial charge in [0.25, 0.3) is 0 Å². The van der Waals surface area contributed by atoms with Crippen LogP contribution in [-0.2, 0) is 14.4 Å². The molecule has 2 rings (SSSR count). The van der Waals surface area contributed by atoms with Gasteiger partial charge in [0, 0.05) is 32.4 Å². The number of pyridine rings is 1. The molecule has 20 heavy (non-hydrogen) atoms. The smallest absolute Gasteiger partial charge is 0.308 e. The van der Waals surface area contributed by atoms with Gasteiger partial charge in [0.1, 0.15) is 5.52 Å². The normalized spacial score (nSPS) is 9.35. The van der Waals surface area contributed by atoms with E-state index in [1.165, 1.54) is 20.8 Å². The third kappa shape index (κ3) is 4.61. The van der Waals surface area contributed by atoms with Crippen LogP contribution in [0.25, 0.3) is 10.9 Å². The van der Waals surface area contributed by atoms with Gasteiger partial charge in [-0.15, -0.1) is 0 Å². The molecule has 104 valence electrons. The summed E-state index contributed by atoms with van der Waals surface area (Å²) in [4.78, 5) is 34.6. The second-order valence-corrected chi connectivity index (χ2v) is 4.04. The number of hydrogen-bond donors (Lipinski definition) is 0. The lowest BCUT2D eigenvalue weighted by Crippen LogP contribution is -2.02. The summed E-state index contributed by atoms with van der Waals surface area (Å²) in [6.45, 7) is 3.88. The maximum atomic E-state index is 10.8. The van der Waals surface area contributed by atoms with Crippen LogP contribution in [-0.4, -0.2) is 22.5 Å². The zero-order valence-corrected chi connectivity index (χ0v) is 11.5. The molecule has 0 N–H and O–H groups in total. The molecule has 0 aliphatic carbocycles. The first-order valence-corrected chi connectivity index (χ1v) is 5.95. The summed E-state index contributed by atoms with van der Waals surface area (Å²) < 4.78 is 5.03. The van der Waals surface area contributed by atoms with E-state index >= 15 is 0 Å². The zero-order chi connectivity index (χ0) is 15.1. The molecule has 0 saturated heterocycles.